The zero-order chi connectivity index (χ0) is 13.0. The second kappa shape index (κ2) is 5.96. The molecule has 0 aliphatic carbocycles. The van der Waals surface area contributed by atoms with Crippen LogP contribution in [0.5, 0.6) is 0 Å². The molecule has 0 fully saturated rings. The van der Waals surface area contributed by atoms with Gasteiger partial charge in [0, 0.05) is 24.0 Å². The van der Waals surface area contributed by atoms with Crippen LogP contribution in [-0.2, 0) is 0 Å². The number of hydrogen-bond acceptors (Lipinski definition) is 4. The molecule has 0 aliphatic heterocycles. The van der Waals surface area contributed by atoms with E-state index in [1.165, 1.54) is 0 Å². The van der Waals surface area contributed by atoms with Gasteiger partial charge in [-0.1, -0.05) is 13.8 Å². The van der Waals surface area contributed by atoms with Crippen molar-refractivity contribution in [2.75, 3.05) is 18.1 Å². The Morgan fingerprint density at radius 1 is 1.24 bits per heavy atom. The maximum absolute atomic E-state index is 9.10. The second-order valence-electron chi connectivity index (χ2n) is 4.90. The van der Waals surface area contributed by atoms with Crippen molar-refractivity contribution in [2.45, 2.75) is 46.6 Å². The molecule has 4 nitrogen and oxygen atoms in total. The summed E-state index contributed by atoms with van der Waals surface area (Å²) in [5.74, 6) is 1.11. The topological polar surface area (TPSA) is 49.2 Å². The van der Waals surface area contributed by atoms with E-state index in [0.717, 1.165) is 17.3 Å². The summed E-state index contributed by atoms with van der Waals surface area (Å²) < 4.78 is 0. The number of aliphatic hydroxyl groups is 1. The number of anilines is 1. The Bertz CT molecular complexity index is 364. The number of aliphatic hydroxyl groups excluding tert-OH is 1. The van der Waals surface area contributed by atoms with Gasteiger partial charge >= 0.3 is 0 Å². The van der Waals surface area contributed by atoms with Crippen LogP contribution in [-0.4, -0.2) is 34.3 Å². The first-order valence-electron chi connectivity index (χ1n) is 6.18. The van der Waals surface area contributed by atoms with Crippen molar-refractivity contribution in [1.82, 2.24) is 9.97 Å². The summed E-state index contributed by atoms with van der Waals surface area (Å²) in [7, 11) is 0. The average Bonchev–Trinajstić information content (AvgIpc) is 2.24. The third-order valence-electron chi connectivity index (χ3n) is 2.67. The van der Waals surface area contributed by atoms with Gasteiger partial charge in [-0.25, -0.2) is 9.97 Å². The fourth-order valence-electron chi connectivity index (χ4n) is 1.70. The number of nitrogens with zero attached hydrogens (tertiary/aromatic N) is 3. The predicted molar refractivity (Wildman–Crippen MR) is 70.4 cm³/mol. The molecule has 0 saturated heterocycles. The first-order valence-corrected chi connectivity index (χ1v) is 6.18. The molecule has 0 spiro atoms. The smallest absolute Gasteiger partial charge is 0.226 e. The molecule has 0 saturated carbocycles. The molecule has 0 bridgehead atoms. The van der Waals surface area contributed by atoms with Gasteiger partial charge in [-0.15, -0.1) is 0 Å². The largest absolute Gasteiger partial charge is 0.395 e. The molecule has 1 rings (SSSR count). The molecule has 0 unspecified atom stereocenters. The zero-order valence-corrected chi connectivity index (χ0v) is 11.4. The Kier molecular flexibility index (Phi) is 4.87. The van der Waals surface area contributed by atoms with Crippen LogP contribution >= 0.6 is 0 Å². The molecule has 96 valence electrons. The van der Waals surface area contributed by atoms with Crippen LogP contribution in [0.3, 0.4) is 0 Å². The Morgan fingerprint density at radius 3 is 2.35 bits per heavy atom. The molecule has 0 atom stereocenters. The highest BCUT2D eigenvalue weighted by molar-refractivity contribution is 5.34. The maximum atomic E-state index is 9.10. The third-order valence-corrected chi connectivity index (χ3v) is 2.67. The Morgan fingerprint density at radius 2 is 1.88 bits per heavy atom. The lowest BCUT2D eigenvalue weighted by Crippen LogP contribution is -2.35. The lowest BCUT2D eigenvalue weighted by Gasteiger charge is -2.26. The van der Waals surface area contributed by atoms with Crippen LogP contribution in [0.4, 0.5) is 5.95 Å². The van der Waals surface area contributed by atoms with Gasteiger partial charge in [0.05, 0.1) is 6.61 Å². The van der Waals surface area contributed by atoms with Gasteiger partial charge in [-0.3, -0.25) is 0 Å². The van der Waals surface area contributed by atoms with Crippen molar-refractivity contribution in [3.63, 3.8) is 0 Å². The first-order chi connectivity index (χ1) is 7.95. The number of hydrogen-bond donors (Lipinski definition) is 1. The van der Waals surface area contributed by atoms with Crippen LogP contribution in [0.25, 0.3) is 0 Å². The molecule has 1 aromatic rings. The van der Waals surface area contributed by atoms with Crippen LogP contribution in [0.1, 0.15) is 45.0 Å². The summed E-state index contributed by atoms with van der Waals surface area (Å²) in [6, 6.07) is 2.30. The van der Waals surface area contributed by atoms with Crippen molar-refractivity contribution in [2.24, 2.45) is 0 Å². The summed E-state index contributed by atoms with van der Waals surface area (Å²) >= 11 is 0. The van der Waals surface area contributed by atoms with E-state index in [1.54, 1.807) is 0 Å². The SMILES string of the molecule is Cc1cc(C(C)C)nc(N(CCO)C(C)C)n1. The molecule has 0 aromatic carbocycles. The highest BCUT2D eigenvalue weighted by Crippen LogP contribution is 2.18. The van der Waals surface area contributed by atoms with Gasteiger partial charge in [0.2, 0.25) is 5.95 Å². The van der Waals surface area contributed by atoms with E-state index in [4.69, 9.17) is 5.11 Å². The molecule has 0 amide bonds. The molecular weight excluding hydrogens is 214 g/mol. The lowest BCUT2D eigenvalue weighted by atomic mass is 10.1. The first kappa shape index (κ1) is 13.9. The number of aromatic nitrogens is 2. The Hall–Kier alpha value is -1.16. The van der Waals surface area contributed by atoms with Gasteiger partial charge in [0.15, 0.2) is 0 Å². The molecular formula is C13H23N3O. The maximum Gasteiger partial charge on any atom is 0.226 e. The van der Waals surface area contributed by atoms with E-state index < -0.39 is 0 Å². The summed E-state index contributed by atoms with van der Waals surface area (Å²) in [6.45, 7) is 11.1. The van der Waals surface area contributed by atoms with Crippen molar-refractivity contribution < 1.29 is 5.11 Å². The van der Waals surface area contributed by atoms with Crippen LogP contribution in [0.15, 0.2) is 6.07 Å². The van der Waals surface area contributed by atoms with Gasteiger partial charge in [-0.05, 0) is 32.8 Å². The molecule has 1 aromatic heterocycles. The lowest BCUT2D eigenvalue weighted by molar-refractivity contribution is 0.298. The van der Waals surface area contributed by atoms with Crippen molar-refractivity contribution in [1.29, 1.82) is 0 Å². The van der Waals surface area contributed by atoms with Crippen LogP contribution < -0.4 is 4.90 Å². The molecule has 0 radical (unpaired) electrons. The molecule has 17 heavy (non-hydrogen) atoms. The van der Waals surface area contributed by atoms with Crippen molar-refractivity contribution in [3.05, 3.63) is 17.5 Å². The fourth-order valence-corrected chi connectivity index (χ4v) is 1.70. The van der Waals surface area contributed by atoms with Gasteiger partial charge < -0.3 is 10.0 Å². The van der Waals surface area contributed by atoms with Crippen molar-refractivity contribution in [3.8, 4) is 0 Å². The summed E-state index contributed by atoms with van der Waals surface area (Å²) in [5, 5.41) is 9.10. The van der Waals surface area contributed by atoms with E-state index in [0.29, 0.717) is 12.5 Å². The van der Waals surface area contributed by atoms with E-state index in [1.807, 2.05) is 17.9 Å². The van der Waals surface area contributed by atoms with E-state index in [9.17, 15) is 0 Å². The van der Waals surface area contributed by atoms with E-state index in [-0.39, 0.29) is 12.6 Å². The highest BCUT2D eigenvalue weighted by Gasteiger charge is 2.15. The van der Waals surface area contributed by atoms with Gasteiger partial charge in [-0.2, -0.15) is 0 Å². The molecule has 0 aliphatic rings. The highest BCUT2D eigenvalue weighted by atomic mass is 16.3. The minimum atomic E-state index is 0.118. The number of rotatable bonds is 5. The fraction of sp³-hybridized carbons (Fsp3) is 0.692. The van der Waals surface area contributed by atoms with E-state index >= 15 is 0 Å². The predicted octanol–water partition coefficient (Wildman–Crippen LogP) is 2.12. The van der Waals surface area contributed by atoms with Crippen molar-refractivity contribution >= 4 is 5.95 Å². The minimum Gasteiger partial charge on any atom is -0.395 e. The van der Waals surface area contributed by atoms with Gasteiger partial charge in [0.1, 0.15) is 0 Å². The summed E-state index contributed by atoms with van der Waals surface area (Å²) in [6.07, 6.45) is 0. The Balaban J connectivity index is 3.10. The molecule has 1 heterocycles. The standard InChI is InChI=1S/C13H23N3O/c1-9(2)12-8-11(5)14-13(15-12)16(6-7-17)10(3)4/h8-10,17H,6-7H2,1-5H3. The minimum absolute atomic E-state index is 0.118. The van der Waals surface area contributed by atoms with Crippen LogP contribution in [0, 0.1) is 6.92 Å². The second-order valence-corrected chi connectivity index (χ2v) is 4.90. The quantitative estimate of drug-likeness (QED) is 0.852. The molecule has 4 heteroatoms. The summed E-state index contributed by atoms with van der Waals surface area (Å²) in [5.41, 5.74) is 2.03. The van der Waals surface area contributed by atoms with Gasteiger partial charge in [0.25, 0.3) is 0 Å². The monoisotopic (exact) mass is 237 g/mol. The normalized spacial score (nSPS) is 11.3. The van der Waals surface area contributed by atoms with E-state index in [2.05, 4.69) is 37.7 Å². The van der Waals surface area contributed by atoms with Crippen LogP contribution in [0.2, 0.25) is 0 Å². The zero-order valence-electron chi connectivity index (χ0n) is 11.4. The Labute approximate surface area is 104 Å². The summed E-state index contributed by atoms with van der Waals surface area (Å²) in [4.78, 5) is 11.1. The molecule has 1 N–H and O–H groups in total. The average molecular weight is 237 g/mol. The number of aryl methyl sites for hydroxylation is 1. The third kappa shape index (κ3) is 3.66.